The van der Waals surface area contributed by atoms with Crippen LogP contribution >= 0.6 is 0 Å². The fraction of sp³-hybridized carbons (Fsp3) is 0.318. The van der Waals surface area contributed by atoms with Crippen molar-refractivity contribution in [3.8, 4) is 0 Å². The maximum Gasteiger partial charge on any atom is 0.214 e. The maximum absolute atomic E-state index is 14.1. The highest BCUT2D eigenvalue weighted by molar-refractivity contribution is 7.91. The molecule has 0 radical (unpaired) electrons. The highest BCUT2D eigenvalue weighted by Gasteiger charge is 2.31. The molecule has 2 aromatic carbocycles. The molecule has 146 valence electrons. The van der Waals surface area contributed by atoms with Crippen LogP contribution in [-0.2, 0) is 9.84 Å². The zero-order valence-electron chi connectivity index (χ0n) is 16.1. The second-order valence-corrected chi connectivity index (χ2v) is 9.62. The Balaban J connectivity index is 1.97. The number of nitrogens with zero attached hydrogens (tertiary/aromatic N) is 1. The number of aromatic nitrogens is 1. The molecule has 0 aliphatic carbocycles. The van der Waals surface area contributed by atoms with Crippen molar-refractivity contribution in [1.82, 2.24) is 0 Å². The second kappa shape index (κ2) is 7.17. The Bertz CT molecular complexity index is 1130. The molecule has 1 saturated heterocycles. The van der Waals surface area contributed by atoms with Crippen molar-refractivity contribution in [2.24, 2.45) is 5.92 Å². The summed E-state index contributed by atoms with van der Waals surface area (Å²) in [5, 5.41) is 0.599. The van der Waals surface area contributed by atoms with Gasteiger partial charge in [0.2, 0.25) is 15.4 Å². The van der Waals surface area contributed by atoms with Gasteiger partial charge in [0.15, 0.2) is 11.1 Å². The number of halogens is 1. The van der Waals surface area contributed by atoms with E-state index in [2.05, 4.69) is 16.8 Å². The molecule has 6 heteroatoms. The first-order valence-electron chi connectivity index (χ1n) is 9.57. The SMILES string of the molecule is Cc1ccc(S(=O)(=O)c2c[nH+]c3ccc(F)cc3c2N2CCC[C@@H](C)C2)cc1. The van der Waals surface area contributed by atoms with Gasteiger partial charge >= 0.3 is 0 Å². The topological polar surface area (TPSA) is 51.5 Å². The van der Waals surface area contributed by atoms with E-state index in [-0.39, 0.29) is 15.6 Å². The van der Waals surface area contributed by atoms with E-state index < -0.39 is 9.84 Å². The lowest BCUT2D eigenvalue weighted by Crippen LogP contribution is -2.36. The summed E-state index contributed by atoms with van der Waals surface area (Å²) in [6.07, 6.45) is 3.65. The normalized spacial score (nSPS) is 17.8. The number of aromatic amines is 1. The Kier molecular flexibility index (Phi) is 4.83. The molecule has 0 bridgehead atoms. The number of piperidine rings is 1. The number of sulfone groups is 1. The quantitative estimate of drug-likeness (QED) is 0.664. The summed E-state index contributed by atoms with van der Waals surface area (Å²) < 4.78 is 41.0. The summed E-state index contributed by atoms with van der Waals surface area (Å²) in [6, 6.07) is 11.3. The fourth-order valence-corrected chi connectivity index (χ4v) is 5.41. The maximum atomic E-state index is 14.1. The van der Waals surface area contributed by atoms with Gasteiger partial charge in [-0.2, -0.15) is 0 Å². The van der Waals surface area contributed by atoms with Crippen molar-refractivity contribution in [3.05, 3.63) is 60.0 Å². The predicted molar refractivity (Wildman–Crippen MR) is 108 cm³/mol. The van der Waals surface area contributed by atoms with Gasteiger partial charge in [0.05, 0.1) is 16.0 Å². The van der Waals surface area contributed by atoms with E-state index in [0.29, 0.717) is 17.0 Å². The highest BCUT2D eigenvalue weighted by atomic mass is 32.2. The van der Waals surface area contributed by atoms with Gasteiger partial charge in [0.25, 0.3) is 0 Å². The standard InChI is InChI=1S/C22H23FN2O2S/c1-15-5-8-18(9-6-15)28(26,27)21-13-24-20-10-7-17(23)12-19(20)22(21)25-11-3-4-16(2)14-25/h5-10,12-13,16H,3-4,11,14H2,1-2H3/p+1/t16-/m1/s1. The van der Waals surface area contributed by atoms with Gasteiger partial charge in [-0.05, 0) is 49.9 Å². The zero-order chi connectivity index (χ0) is 19.9. The van der Waals surface area contributed by atoms with E-state index >= 15 is 0 Å². The lowest BCUT2D eigenvalue weighted by molar-refractivity contribution is -0.347. The van der Waals surface area contributed by atoms with E-state index in [1.165, 1.54) is 12.1 Å². The van der Waals surface area contributed by atoms with Gasteiger partial charge in [-0.15, -0.1) is 0 Å². The van der Waals surface area contributed by atoms with Crippen molar-refractivity contribution in [1.29, 1.82) is 0 Å². The van der Waals surface area contributed by atoms with Crippen LogP contribution in [0.15, 0.2) is 58.5 Å². The molecule has 1 fully saturated rings. The zero-order valence-corrected chi connectivity index (χ0v) is 16.9. The molecule has 0 saturated carbocycles. The van der Waals surface area contributed by atoms with Crippen molar-refractivity contribution in [2.45, 2.75) is 36.5 Å². The van der Waals surface area contributed by atoms with E-state index in [1.54, 1.807) is 36.5 Å². The molecule has 0 unspecified atom stereocenters. The number of aryl methyl sites for hydroxylation is 1. The van der Waals surface area contributed by atoms with Crippen LogP contribution in [0.4, 0.5) is 10.1 Å². The third-order valence-electron chi connectivity index (χ3n) is 5.42. The van der Waals surface area contributed by atoms with E-state index in [1.807, 2.05) is 6.92 Å². The Morgan fingerprint density at radius 1 is 1.14 bits per heavy atom. The summed E-state index contributed by atoms with van der Waals surface area (Å²) in [7, 11) is -3.75. The van der Waals surface area contributed by atoms with Gasteiger partial charge in [0.1, 0.15) is 5.82 Å². The molecule has 1 aromatic heterocycles. The van der Waals surface area contributed by atoms with Gasteiger partial charge < -0.3 is 4.90 Å². The number of fused-ring (bicyclic) bond motifs is 1. The Morgan fingerprint density at radius 3 is 2.61 bits per heavy atom. The van der Waals surface area contributed by atoms with Crippen LogP contribution in [0.25, 0.3) is 10.9 Å². The monoisotopic (exact) mass is 399 g/mol. The molecule has 1 aliphatic rings. The molecule has 2 heterocycles. The Hall–Kier alpha value is -2.47. The highest BCUT2D eigenvalue weighted by Crippen LogP contribution is 2.37. The number of hydrogen-bond acceptors (Lipinski definition) is 3. The summed E-state index contributed by atoms with van der Waals surface area (Å²) in [4.78, 5) is 5.60. The summed E-state index contributed by atoms with van der Waals surface area (Å²) in [6.45, 7) is 5.60. The molecule has 0 spiro atoms. The van der Waals surface area contributed by atoms with Crippen LogP contribution in [0.5, 0.6) is 0 Å². The summed E-state index contributed by atoms with van der Waals surface area (Å²) >= 11 is 0. The van der Waals surface area contributed by atoms with Gasteiger partial charge in [-0.1, -0.05) is 24.6 Å². The van der Waals surface area contributed by atoms with Gasteiger partial charge in [-0.25, -0.2) is 17.8 Å². The molecule has 1 atom stereocenters. The molecule has 1 N–H and O–H groups in total. The lowest BCUT2D eigenvalue weighted by Gasteiger charge is -2.34. The minimum absolute atomic E-state index is 0.198. The molecule has 28 heavy (non-hydrogen) atoms. The van der Waals surface area contributed by atoms with Crippen LogP contribution in [0.1, 0.15) is 25.3 Å². The molecular weight excluding hydrogens is 375 g/mol. The first-order chi connectivity index (χ1) is 13.4. The van der Waals surface area contributed by atoms with Crippen LogP contribution < -0.4 is 9.88 Å². The molecular formula is C22H24FN2O2S+. The van der Waals surface area contributed by atoms with Crippen molar-refractivity contribution < 1.29 is 17.8 Å². The number of rotatable bonds is 3. The fourth-order valence-electron chi connectivity index (χ4n) is 3.95. The number of hydrogen-bond donors (Lipinski definition) is 0. The van der Waals surface area contributed by atoms with E-state index in [0.717, 1.165) is 37.0 Å². The third-order valence-corrected chi connectivity index (χ3v) is 7.21. The molecule has 3 aromatic rings. The van der Waals surface area contributed by atoms with E-state index in [4.69, 9.17) is 0 Å². The molecule has 0 amide bonds. The van der Waals surface area contributed by atoms with Gasteiger partial charge in [0, 0.05) is 19.2 Å². The van der Waals surface area contributed by atoms with Crippen LogP contribution in [0.3, 0.4) is 0 Å². The summed E-state index contributed by atoms with van der Waals surface area (Å²) in [5.74, 6) is 0.0774. The van der Waals surface area contributed by atoms with E-state index in [9.17, 15) is 12.8 Å². The number of H-pyrrole nitrogens is 1. The van der Waals surface area contributed by atoms with Crippen molar-refractivity contribution in [2.75, 3.05) is 18.0 Å². The predicted octanol–water partition coefficient (Wildman–Crippen LogP) is 4.17. The number of anilines is 1. The minimum Gasteiger partial charge on any atom is -0.369 e. The average Bonchev–Trinajstić information content (AvgIpc) is 2.67. The van der Waals surface area contributed by atoms with Crippen molar-refractivity contribution in [3.63, 3.8) is 0 Å². The Morgan fingerprint density at radius 2 is 1.89 bits per heavy atom. The summed E-state index contributed by atoms with van der Waals surface area (Å²) in [5.41, 5.74) is 2.31. The molecule has 4 rings (SSSR count). The smallest absolute Gasteiger partial charge is 0.214 e. The van der Waals surface area contributed by atoms with Crippen molar-refractivity contribution >= 4 is 26.4 Å². The van der Waals surface area contributed by atoms with Crippen LogP contribution in [-0.4, -0.2) is 21.5 Å². The first-order valence-corrected chi connectivity index (χ1v) is 11.1. The number of nitrogens with one attached hydrogen (secondary N) is 1. The molecule has 4 nitrogen and oxygen atoms in total. The average molecular weight is 400 g/mol. The van der Waals surface area contributed by atoms with Crippen LogP contribution in [0, 0.1) is 18.7 Å². The first kappa shape index (κ1) is 18.9. The lowest BCUT2D eigenvalue weighted by atomic mass is 9.99. The second-order valence-electron chi connectivity index (χ2n) is 7.70. The Labute approximate surface area is 164 Å². The third kappa shape index (κ3) is 3.37. The van der Waals surface area contributed by atoms with Crippen LogP contribution in [0.2, 0.25) is 0 Å². The van der Waals surface area contributed by atoms with Gasteiger partial charge in [-0.3, -0.25) is 0 Å². The number of benzene rings is 2. The largest absolute Gasteiger partial charge is 0.369 e. The minimum atomic E-state index is -3.75. The molecule has 1 aliphatic heterocycles. The number of pyridine rings is 1.